The number of hydrogen-bond donors (Lipinski definition) is 1. The Kier molecular flexibility index (Phi) is 4.48. The molecule has 2 aliphatic carbocycles. The molecule has 0 radical (unpaired) electrons. The van der Waals surface area contributed by atoms with Crippen LogP contribution in [-0.4, -0.2) is 36.6 Å². The maximum atomic E-state index is 3.51. The van der Waals surface area contributed by atoms with Crippen molar-refractivity contribution in [3.63, 3.8) is 0 Å². The molecule has 19 heavy (non-hydrogen) atoms. The Morgan fingerprint density at radius 1 is 0.842 bits per heavy atom. The van der Waals surface area contributed by atoms with Gasteiger partial charge in [-0.15, -0.1) is 0 Å². The second kappa shape index (κ2) is 6.13. The molecule has 0 aromatic rings. The van der Waals surface area contributed by atoms with E-state index < -0.39 is 0 Å². The van der Waals surface area contributed by atoms with Crippen LogP contribution in [0.1, 0.15) is 58.8 Å². The van der Waals surface area contributed by atoms with Crippen LogP contribution in [0.15, 0.2) is 0 Å². The first-order valence-corrected chi connectivity index (χ1v) is 8.69. The molecule has 0 aromatic carbocycles. The number of hydrogen-bond acceptors (Lipinski definition) is 2. The number of nitrogens with zero attached hydrogens (tertiary/aromatic N) is 1. The molecule has 110 valence electrons. The van der Waals surface area contributed by atoms with E-state index >= 15 is 0 Å². The van der Waals surface area contributed by atoms with Crippen LogP contribution in [0.3, 0.4) is 0 Å². The normalized spacial score (nSPS) is 37.7. The lowest BCUT2D eigenvalue weighted by atomic mass is 9.79. The fourth-order valence-corrected chi connectivity index (χ4v) is 4.54. The quantitative estimate of drug-likeness (QED) is 0.838. The maximum Gasteiger partial charge on any atom is 0.0103 e. The van der Waals surface area contributed by atoms with Gasteiger partial charge >= 0.3 is 0 Å². The Morgan fingerprint density at radius 2 is 1.47 bits per heavy atom. The third-order valence-electron chi connectivity index (χ3n) is 5.57. The summed E-state index contributed by atoms with van der Waals surface area (Å²) in [5.74, 6) is 2.86. The van der Waals surface area contributed by atoms with Crippen molar-refractivity contribution in [2.24, 2.45) is 17.8 Å². The van der Waals surface area contributed by atoms with Crippen LogP contribution in [0.5, 0.6) is 0 Å². The Hall–Kier alpha value is -0.0800. The van der Waals surface area contributed by atoms with Crippen LogP contribution in [0.4, 0.5) is 0 Å². The number of nitrogens with one attached hydrogen (secondary N) is 1. The van der Waals surface area contributed by atoms with Gasteiger partial charge in [0.25, 0.3) is 0 Å². The lowest BCUT2D eigenvalue weighted by Gasteiger charge is -2.41. The fourth-order valence-electron chi connectivity index (χ4n) is 4.54. The second-order valence-electron chi connectivity index (χ2n) is 7.69. The lowest BCUT2D eigenvalue weighted by molar-refractivity contribution is 0.0808. The van der Waals surface area contributed by atoms with E-state index in [1.54, 1.807) is 0 Å². The van der Waals surface area contributed by atoms with Gasteiger partial charge in [0.2, 0.25) is 0 Å². The average molecular weight is 264 g/mol. The summed E-state index contributed by atoms with van der Waals surface area (Å²) in [7, 11) is 0. The highest BCUT2D eigenvalue weighted by molar-refractivity contribution is 4.93. The lowest BCUT2D eigenvalue weighted by Crippen LogP contribution is -2.45. The van der Waals surface area contributed by atoms with Gasteiger partial charge in [-0.25, -0.2) is 0 Å². The summed E-state index contributed by atoms with van der Waals surface area (Å²) in [6.45, 7) is 8.84. The van der Waals surface area contributed by atoms with Crippen molar-refractivity contribution < 1.29 is 0 Å². The van der Waals surface area contributed by atoms with Crippen LogP contribution in [0.2, 0.25) is 0 Å². The topological polar surface area (TPSA) is 15.3 Å². The van der Waals surface area contributed by atoms with Crippen LogP contribution < -0.4 is 5.32 Å². The SMILES string of the molecule is CC1CC(C)CC(N(CC2CCNCC2)C2CC2)C1. The van der Waals surface area contributed by atoms with Crippen LogP contribution in [0, 0.1) is 17.8 Å². The van der Waals surface area contributed by atoms with E-state index in [2.05, 4.69) is 24.1 Å². The van der Waals surface area contributed by atoms with Crippen molar-refractivity contribution in [3.05, 3.63) is 0 Å². The zero-order valence-corrected chi connectivity index (χ0v) is 12.9. The minimum absolute atomic E-state index is 0.904. The van der Waals surface area contributed by atoms with Crippen molar-refractivity contribution in [3.8, 4) is 0 Å². The second-order valence-corrected chi connectivity index (χ2v) is 7.69. The fraction of sp³-hybridized carbons (Fsp3) is 1.00. The summed E-state index contributed by atoms with van der Waals surface area (Å²) in [6, 6.07) is 1.86. The van der Waals surface area contributed by atoms with Gasteiger partial charge < -0.3 is 5.32 Å². The third-order valence-corrected chi connectivity index (χ3v) is 5.57. The molecule has 1 saturated heterocycles. The van der Waals surface area contributed by atoms with Crippen molar-refractivity contribution in [1.29, 1.82) is 0 Å². The molecule has 0 spiro atoms. The minimum atomic E-state index is 0.904. The monoisotopic (exact) mass is 264 g/mol. The van der Waals surface area contributed by atoms with E-state index in [-0.39, 0.29) is 0 Å². The Bertz CT molecular complexity index is 271. The summed E-state index contributed by atoms with van der Waals surface area (Å²) in [5.41, 5.74) is 0. The highest BCUT2D eigenvalue weighted by atomic mass is 15.2. The standard InChI is InChI=1S/C17H32N2/c1-13-9-14(2)11-17(10-13)19(16-3-4-16)12-15-5-7-18-8-6-15/h13-18H,3-12H2,1-2H3. The molecular weight excluding hydrogens is 232 g/mol. The average Bonchev–Trinajstić information content (AvgIpc) is 3.20. The molecule has 2 saturated carbocycles. The predicted octanol–water partition coefficient (Wildman–Crippen LogP) is 3.28. The first kappa shape index (κ1) is 13.9. The van der Waals surface area contributed by atoms with Gasteiger partial charge in [0.15, 0.2) is 0 Å². The molecule has 2 atom stereocenters. The number of rotatable bonds is 4. The van der Waals surface area contributed by atoms with Gasteiger partial charge in [0.05, 0.1) is 0 Å². The van der Waals surface area contributed by atoms with Crippen LogP contribution >= 0.6 is 0 Å². The zero-order valence-electron chi connectivity index (χ0n) is 12.9. The molecule has 1 aliphatic heterocycles. The van der Waals surface area contributed by atoms with Crippen LogP contribution in [0.25, 0.3) is 0 Å². The highest BCUT2D eigenvalue weighted by Crippen LogP contribution is 2.38. The Balaban J connectivity index is 1.59. The van der Waals surface area contributed by atoms with Crippen molar-refractivity contribution in [1.82, 2.24) is 10.2 Å². The predicted molar refractivity (Wildman–Crippen MR) is 81.3 cm³/mol. The molecule has 1 N–H and O–H groups in total. The third kappa shape index (κ3) is 3.72. The number of piperidine rings is 1. The molecule has 0 bridgehead atoms. The molecule has 3 rings (SSSR count). The van der Waals surface area contributed by atoms with Gasteiger partial charge in [0.1, 0.15) is 0 Å². The van der Waals surface area contributed by atoms with E-state index in [1.165, 1.54) is 64.6 Å². The van der Waals surface area contributed by atoms with E-state index in [9.17, 15) is 0 Å². The molecule has 1 heterocycles. The molecule has 0 aromatic heterocycles. The summed E-state index contributed by atoms with van der Waals surface area (Å²) < 4.78 is 0. The first-order valence-electron chi connectivity index (χ1n) is 8.69. The van der Waals surface area contributed by atoms with E-state index in [4.69, 9.17) is 0 Å². The molecule has 2 heteroatoms. The summed E-state index contributed by atoms with van der Waals surface area (Å²) in [4.78, 5) is 2.95. The van der Waals surface area contributed by atoms with E-state index in [0.29, 0.717) is 0 Å². The largest absolute Gasteiger partial charge is 0.317 e. The molecule has 3 aliphatic rings. The molecule has 2 unspecified atom stereocenters. The van der Waals surface area contributed by atoms with Gasteiger partial charge in [0, 0.05) is 18.6 Å². The van der Waals surface area contributed by atoms with E-state index in [1.807, 2.05) is 0 Å². The molecular formula is C17H32N2. The van der Waals surface area contributed by atoms with Gasteiger partial charge in [-0.1, -0.05) is 13.8 Å². The van der Waals surface area contributed by atoms with Crippen molar-refractivity contribution in [2.75, 3.05) is 19.6 Å². The maximum absolute atomic E-state index is 3.51. The van der Waals surface area contributed by atoms with Gasteiger partial charge in [-0.2, -0.15) is 0 Å². The summed E-state index contributed by atoms with van der Waals surface area (Å²) in [6.07, 6.45) is 10.1. The first-order chi connectivity index (χ1) is 9.22. The van der Waals surface area contributed by atoms with E-state index in [0.717, 1.165) is 29.8 Å². The highest BCUT2D eigenvalue weighted by Gasteiger charge is 2.38. The molecule has 3 fully saturated rings. The van der Waals surface area contributed by atoms with Gasteiger partial charge in [-0.3, -0.25) is 4.90 Å². The molecule has 0 amide bonds. The summed E-state index contributed by atoms with van der Waals surface area (Å²) in [5, 5.41) is 3.51. The Morgan fingerprint density at radius 3 is 2.05 bits per heavy atom. The minimum Gasteiger partial charge on any atom is -0.317 e. The van der Waals surface area contributed by atoms with Gasteiger partial charge in [-0.05, 0) is 75.8 Å². The molecule has 2 nitrogen and oxygen atoms in total. The van der Waals surface area contributed by atoms with Crippen LogP contribution in [-0.2, 0) is 0 Å². The smallest absolute Gasteiger partial charge is 0.0103 e. The Labute approximate surface area is 119 Å². The van der Waals surface area contributed by atoms with Crippen molar-refractivity contribution >= 4 is 0 Å². The van der Waals surface area contributed by atoms with Crippen molar-refractivity contribution in [2.45, 2.75) is 70.9 Å². The summed E-state index contributed by atoms with van der Waals surface area (Å²) >= 11 is 0. The zero-order chi connectivity index (χ0) is 13.2.